The highest BCUT2D eigenvalue weighted by atomic mass is 32.1. The Kier molecular flexibility index (Phi) is 3.92. The Bertz CT molecular complexity index is 476. The lowest BCUT2D eigenvalue weighted by atomic mass is 10.0. The van der Waals surface area contributed by atoms with Gasteiger partial charge in [0.25, 0.3) is 0 Å². The molecule has 1 atom stereocenters. The summed E-state index contributed by atoms with van der Waals surface area (Å²) < 4.78 is 0. The van der Waals surface area contributed by atoms with Gasteiger partial charge in [0, 0.05) is 10.9 Å². The third-order valence-corrected chi connectivity index (χ3v) is 4.07. The average molecular weight is 246 g/mol. The summed E-state index contributed by atoms with van der Waals surface area (Å²) in [5.74, 6) is 0. The number of hydrogen-bond donors (Lipinski definition) is 1. The van der Waals surface area contributed by atoms with Crippen molar-refractivity contribution in [3.05, 3.63) is 51.5 Å². The minimum absolute atomic E-state index is 0.112. The molecule has 90 valence electrons. The van der Waals surface area contributed by atoms with E-state index in [2.05, 4.69) is 29.2 Å². The first-order chi connectivity index (χ1) is 8.16. The third kappa shape index (κ3) is 3.14. The van der Waals surface area contributed by atoms with E-state index in [1.54, 1.807) is 11.3 Å². The monoisotopic (exact) mass is 246 g/mol. The van der Waals surface area contributed by atoms with Gasteiger partial charge in [0.05, 0.1) is 10.7 Å². The molecule has 0 radical (unpaired) electrons. The number of nitrogens with two attached hydrogens (primary N) is 1. The maximum atomic E-state index is 6.23. The second-order valence-corrected chi connectivity index (χ2v) is 5.55. The maximum Gasteiger partial charge on any atom is 0.0900 e. The highest BCUT2D eigenvalue weighted by Gasteiger charge is 2.13. The molecule has 0 fully saturated rings. The second-order valence-electron chi connectivity index (χ2n) is 4.31. The van der Waals surface area contributed by atoms with Crippen LogP contribution >= 0.6 is 11.3 Å². The molecule has 0 aliphatic heterocycles. The minimum atomic E-state index is 0.112. The molecule has 1 aromatic carbocycles. The van der Waals surface area contributed by atoms with Gasteiger partial charge in [0.1, 0.15) is 0 Å². The molecule has 0 spiro atoms. The minimum Gasteiger partial charge on any atom is -0.323 e. The molecule has 0 bridgehead atoms. The van der Waals surface area contributed by atoms with Crippen LogP contribution in [0, 0.1) is 13.8 Å². The van der Waals surface area contributed by atoms with E-state index in [1.165, 1.54) is 10.4 Å². The van der Waals surface area contributed by atoms with Crippen LogP contribution in [0.15, 0.2) is 30.3 Å². The third-order valence-electron chi connectivity index (χ3n) is 2.86. The Morgan fingerprint density at radius 1 is 1.24 bits per heavy atom. The SMILES string of the molecule is Cc1nc(C)c(C(N)CCc2ccccc2)s1. The van der Waals surface area contributed by atoms with Gasteiger partial charge in [0.2, 0.25) is 0 Å². The summed E-state index contributed by atoms with van der Waals surface area (Å²) in [4.78, 5) is 5.66. The summed E-state index contributed by atoms with van der Waals surface area (Å²) in [6.07, 6.45) is 2.00. The van der Waals surface area contributed by atoms with Crippen LogP contribution in [-0.2, 0) is 6.42 Å². The van der Waals surface area contributed by atoms with Crippen molar-refractivity contribution < 1.29 is 0 Å². The quantitative estimate of drug-likeness (QED) is 0.898. The maximum absolute atomic E-state index is 6.23. The Morgan fingerprint density at radius 3 is 2.53 bits per heavy atom. The lowest BCUT2D eigenvalue weighted by molar-refractivity contribution is 0.657. The smallest absolute Gasteiger partial charge is 0.0900 e. The van der Waals surface area contributed by atoms with E-state index < -0.39 is 0 Å². The van der Waals surface area contributed by atoms with E-state index in [-0.39, 0.29) is 6.04 Å². The van der Waals surface area contributed by atoms with E-state index in [1.807, 2.05) is 19.9 Å². The molecular formula is C14H18N2S. The molecule has 2 aromatic rings. The molecule has 0 aliphatic rings. The van der Waals surface area contributed by atoms with Crippen molar-refractivity contribution in [1.82, 2.24) is 4.98 Å². The first-order valence-corrected chi connectivity index (χ1v) is 6.72. The van der Waals surface area contributed by atoms with Crippen LogP contribution in [0.4, 0.5) is 0 Å². The highest BCUT2D eigenvalue weighted by Crippen LogP contribution is 2.26. The number of aryl methyl sites for hydroxylation is 3. The summed E-state index contributed by atoms with van der Waals surface area (Å²) in [5, 5.41) is 1.10. The number of nitrogens with zero attached hydrogens (tertiary/aromatic N) is 1. The first kappa shape index (κ1) is 12.3. The average Bonchev–Trinajstić information content (AvgIpc) is 2.67. The molecule has 0 amide bonds. The molecule has 17 heavy (non-hydrogen) atoms. The van der Waals surface area contributed by atoms with Gasteiger partial charge >= 0.3 is 0 Å². The number of aromatic nitrogens is 1. The van der Waals surface area contributed by atoms with Gasteiger partial charge in [-0.1, -0.05) is 30.3 Å². The van der Waals surface area contributed by atoms with Crippen LogP contribution in [0.2, 0.25) is 0 Å². The van der Waals surface area contributed by atoms with E-state index in [4.69, 9.17) is 5.73 Å². The molecular weight excluding hydrogens is 228 g/mol. The van der Waals surface area contributed by atoms with E-state index in [0.29, 0.717) is 0 Å². The zero-order valence-corrected chi connectivity index (χ0v) is 11.1. The molecule has 0 aliphatic carbocycles. The molecule has 2 N–H and O–H groups in total. The normalized spacial score (nSPS) is 12.6. The molecule has 1 unspecified atom stereocenters. The van der Waals surface area contributed by atoms with Crippen LogP contribution in [0.1, 0.15) is 33.6 Å². The molecule has 2 rings (SSSR count). The standard InChI is InChI=1S/C14H18N2S/c1-10-14(17-11(2)16-10)13(15)9-8-12-6-4-3-5-7-12/h3-7,13H,8-9,15H2,1-2H3. The topological polar surface area (TPSA) is 38.9 Å². The number of rotatable bonds is 4. The zero-order valence-electron chi connectivity index (χ0n) is 10.3. The second kappa shape index (κ2) is 5.43. The number of thiazole rings is 1. The van der Waals surface area contributed by atoms with Crippen molar-refractivity contribution in [3.63, 3.8) is 0 Å². The fraction of sp³-hybridized carbons (Fsp3) is 0.357. The molecule has 0 saturated carbocycles. The Labute approximate surface area is 107 Å². The lowest BCUT2D eigenvalue weighted by Gasteiger charge is -2.10. The van der Waals surface area contributed by atoms with Crippen molar-refractivity contribution in [3.8, 4) is 0 Å². The van der Waals surface area contributed by atoms with Gasteiger partial charge in [0.15, 0.2) is 0 Å². The summed E-state index contributed by atoms with van der Waals surface area (Å²) in [6.45, 7) is 4.08. The molecule has 1 heterocycles. The molecule has 0 saturated heterocycles. The Balaban J connectivity index is 1.98. The van der Waals surface area contributed by atoms with E-state index >= 15 is 0 Å². The number of hydrogen-bond acceptors (Lipinski definition) is 3. The van der Waals surface area contributed by atoms with Gasteiger partial charge in [-0.3, -0.25) is 0 Å². The number of benzene rings is 1. The largest absolute Gasteiger partial charge is 0.323 e. The Morgan fingerprint density at radius 2 is 1.94 bits per heavy atom. The molecule has 1 aromatic heterocycles. The predicted octanol–water partition coefficient (Wildman–Crippen LogP) is 3.39. The van der Waals surface area contributed by atoms with Crippen LogP contribution in [0.25, 0.3) is 0 Å². The van der Waals surface area contributed by atoms with Crippen LogP contribution < -0.4 is 5.73 Å². The Hall–Kier alpha value is -1.19. The predicted molar refractivity (Wildman–Crippen MR) is 73.3 cm³/mol. The fourth-order valence-electron chi connectivity index (χ4n) is 1.99. The van der Waals surface area contributed by atoms with Gasteiger partial charge in [-0.15, -0.1) is 11.3 Å². The first-order valence-electron chi connectivity index (χ1n) is 5.90. The summed E-state index contributed by atoms with van der Waals surface area (Å²) >= 11 is 1.72. The summed E-state index contributed by atoms with van der Waals surface area (Å²) in [7, 11) is 0. The summed E-state index contributed by atoms with van der Waals surface area (Å²) in [5.41, 5.74) is 8.67. The zero-order chi connectivity index (χ0) is 12.3. The van der Waals surface area contributed by atoms with Crippen LogP contribution in [0.3, 0.4) is 0 Å². The van der Waals surface area contributed by atoms with Crippen molar-refractivity contribution >= 4 is 11.3 Å². The van der Waals surface area contributed by atoms with Gasteiger partial charge in [-0.05, 0) is 32.3 Å². The van der Waals surface area contributed by atoms with E-state index in [0.717, 1.165) is 23.5 Å². The van der Waals surface area contributed by atoms with E-state index in [9.17, 15) is 0 Å². The molecule has 3 heteroatoms. The lowest BCUT2D eigenvalue weighted by Crippen LogP contribution is -2.11. The van der Waals surface area contributed by atoms with Gasteiger partial charge in [-0.2, -0.15) is 0 Å². The summed E-state index contributed by atoms with van der Waals surface area (Å²) in [6, 6.07) is 10.6. The van der Waals surface area contributed by atoms with Gasteiger partial charge < -0.3 is 5.73 Å². The van der Waals surface area contributed by atoms with Crippen LogP contribution in [-0.4, -0.2) is 4.98 Å². The van der Waals surface area contributed by atoms with Crippen LogP contribution in [0.5, 0.6) is 0 Å². The van der Waals surface area contributed by atoms with Crippen molar-refractivity contribution in [2.24, 2.45) is 5.73 Å². The highest BCUT2D eigenvalue weighted by molar-refractivity contribution is 7.11. The van der Waals surface area contributed by atoms with Gasteiger partial charge in [-0.25, -0.2) is 4.98 Å². The molecule has 2 nitrogen and oxygen atoms in total. The van der Waals surface area contributed by atoms with Crippen molar-refractivity contribution in [1.29, 1.82) is 0 Å². The fourth-order valence-corrected chi connectivity index (χ4v) is 2.95. The van der Waals surface area contributed by atoms with Crippen molar-refractivity contribution in [2.75, 3.05) is 0 Å². The van der Waals surface area contributed by atoms with Crippen molar-refractivity contribution in [2.45, 2.75) is 32.7 Å².